The van der Waals surface area contributed by atoms with Crippen LogP contribution in [0.15, 0.2) is 59.1 Å². The van der Waals surface area contributed by atoms with Crippen molar-refractivity contribution in [2.24, 2.45) is 11.5 Å². The van der Waals surface area contributed by atoms with Crippen molar-refractivity contribution in [1.29, 1.82) is 10.8 Å². The predicted octanol–water partition coefficient (Wildman–Crippen LogP) is 3.06. The van der Waals surface area contributed by atoms with E-state index in [1.165, 1.54) is 0 Å². The summed E-state index contributed by atoms with van der Waals surface area (Å²) in [5.41, 5.74) is 14.7. The summed E-state index contributed by atoms with van der Waals surface area (Å²) in [5.74, 6) is 1.32. The molecule has 3 aromatic heterocycles. The van der Waals surface area contributed by atoms with E-state index >= 15 is 0 Å². The molecule has 1 aromatic carbocycles. The summed E-state index contributed by atoms with van der Waals surface area (Å²) in [5, 5.41) is 15.9. The number of hydrogen-bond donors (Lipinski definition) is 5. The zero-order valence-corrected chi connectivity index (χ0v) is 13.7. The Kier molecular flexibility index (Phi) is 3.54. The summed E-state index contributed by atoms with van der Waals surface area (Å²) >= 11 is 0. The maximum absolute atomic E-state index is 7.54. The molecule has 3 heterocycles. The molecule has 4 rings (SSSR count). The number of aromatic amines is 1. The van der Waals surface area contributed by atoms with Crippen molar-refractivity contribution in [2.45, 2.75) is 0 Å². The van der Waals surface area contributed by atoms with Gasteiger partial charge in [-0.1, -0.05) is 0 Å². The van der Waals surface area contributed by atoms with Gasteiger partial charge in [0.1, 0.15) is 17.4 Å². The highest BCUT2D eigenvalue weighted by molar-refractivity contribution is 5.99. The van der Waals surface area contributed by atoms with Gasteiger partial charge >= 0.3 is 0 Å². The SMILES string of the molecule is N=C(N)c1ccc(-c2ccc(-c3cc4cc(C(=N)N)ccc4[nH]3)o2)nc1. The highest BCUT2D eigenvalue weighted by Crippen LogP contribution is 2.29. The van der Waals surface area contributed by atoms with E-state index < -0.39 is 0 Å². The van der Waals surface area contributed by atoms with Crippen LogP contribution in [0.25, 0.3) is 33.8 Å². The lowest BCUT2D eigenvalue weighted by atomic mass is 10.1. The number of nitrogen functional groups attached to an aromatic ring is 2. The van der Waals surface area contributed by atoms with E-state index in [-0.39, 0.29) is 11.7 Å². The molecule has 0 saturated heterocycles. The first-order valence-electron chi connectivity index (χ1n) is 7.89. The lowest BCUT2D eigenvalue weighted by Crippen LogP contribution is -2.11. The first kappa shape index (κ1) is 15.6. The van der Waals surface area contributed by atoms with Gasteiger partial charge in [0.15, 0.2) is 11.5 Å². The van der Waals surface area contributed by atoms with Gasteiger partial charge in [0.05, 0.1) is 5.69 Å². The van der Waals surface area contributed by atoms with E-state index in [4.69, 9.17) is 26.7 Å². The molecule has 0 spiro atoms. The number of amidine groups is 2. The monoisotopic (exact) mass is 344 g/mol. The van der Waals surface area contributed by atoms with Crippen LogP contribution in [0.2, 0.25) is 0 Å². The maximum atomic E-state index is 7.54. The van der Waals surface area contributed by atoms with Gasteiger partial charge in [-0.3, -0.25) is 15.8 Å². The standard InChI is InChI=1S/C19H16N6O/c20-18(21)10-1-3-13-12(7-10)8-15(25-13)17-6-5-16(26-17)14-4-2-11(9-24-14)19(22)23/h1-9,25H,(H3,20,21)(H3,22,23). The lowest BCUT2D eigenvalue weighted by molar-refractivity contribution is 0.593. The van der Waals surface area contributed by atoms with Crippen LogP contribution < -0.4 is 11.5 Å². The maximum Gasteiger partial charge on any atom is 0.153 e. The molecule has 0 aliphatic carbocycles. The summed E-state index contributed by atoms with van der Waals surface area (Å²) in [6, 6.07) is 14.7. The van der Waals surface area contributed by atoms with Crippen molar-refractivity contribution in [3.63, 3.8) is 0 Å². The van der Waals surface area contributed by atoms with Crippen LogP contribution in [-0.2, 0) is 0 Å². The molecule has 0 amide bonds. The predicted molar refractivity (Wildman–Crippen MR) is 101 cm³/mol. The van der Waals surface area contributed by atoms with Crippen molar-refractivity contribution in [2.75, 3.05) is 0 Å². The van der Waals surface area contributed by atoms with E-state index in [2.05, 4.69) is 9.97 Å². The zero-order valence-electron chi connectivity index (χ0n) is 13.7. The molecular weight excluding hydrogens is 328 g/mol. The van der Waals surface area contributed by atoms with Crippen LogP contribution in [0.3, 0.4) is 0 Å². The van der Waals surface area contributed by atoms with E-state index in [1.54, 1.807) is 24.4 Å². The zero-order chi connectivity index (χ0) is 18.3. The summed E-state index contributed by atoms with van der Waals surface area (Å²) in [7, 11) is 0. The fourth-order valence-electron chi connectivity index (χ4n) is 2.75. The third-order valence-electron chi connectivity index (χ3n) is 4.13. The Morgan fingerprint density at radius 3 is 2.31 bits per heavy atom. The second-order valence-electron chi connectivity index (χ2n) is 5.91. The summed E-state index contributed by atoms with van der Waals surface area (Å²) in [4.78, 5) is 7.59. The molecule has 7 heteroatoms. The van der Waals surface area contributed by atoms with Gasteiger partial charge in [0.2, 0.25) is 0 Å². The average Bonchev–Trinajstić information content (AvgIpc) is 3.27. The van der Waals surface area contributed by atoms with Crippen LogP contribution in [0.1, 0.15) is 11.1 Å². The minimum atomic E-state index is -0.0211. The van der Waals surface area contributed by atoms with E-state index in [9.17, 15) is 0 Å². The van der Waals surface area contributed by atoms with Gasteiger partial charge in [-0.15, -0.1) is 0 Å². The fourth-order valence-corrected chi connectivity index (χ4v) is 2.75. The number of benzene rings is 1. The molecule has 0 saturated carbocycles. The van der Waals surface area contributed by atoms with E-state index in [1.807, 2.05) is 30.3 Å². The molecule has 0 radical (unpaired) electrons. The molecule has 128 valence electrons. The number of pyridine rings is 1. The van der Waals surface area contributed by atoms with Gasteiger partial charge in [-0.05, 0) is 48.5 Å². The molecule has 0 aliphatic heterocycles. The second kappa shape index (κ2) is 5.89. The van der Waals surface area contributed by atoms with Crippen molar-refractivity contribution < 1.29 is 4.42 Å². The number of furan rings is 1. The van der Waals surface area contributed by atoms with Gasteiger partial charge < -0.3 is 20.9 Å². The molecule has 0 atom stereocenters. The third kappa shape index (κ3) is 2.71. The summed E-state index contributed by atoms with van der Waals surface area (Å²) in [6.07, 6.45) is 1.55. The van der Waals surface area contributed by atoms with Crippen molar-refractivity contribution in [3.05, 3.63) is 65.9 Å². The largest absolute Gasteiger partial charge is 0.453 e. The minimum absolute atomic E-state index is 0.0211. The number of aromatic nitrogens is 2. The van der Waals surface area contributed by atoms with Crippen molar-refractivity contribution in [3.8, 4) is 22.9 Å². The highest BCUT2D eigenvalue weighted by Gasteiger charge is 2.11. The molecule has 7 N–H and O–H groups in total. The quantitative estimate of drug-likeness (QED) is 0.286. The molecule has 0 bridgehead atoms. The fraction of sp³-hybridized carbons (Fsp3) is 0. The van der Waals surface area contributed by atoms with Gasteiger partial charge in [-0.25, -0.2) is 0 Å². The Labute approximate surface area is 148 Å². The Bertz CT molecular complexity index is 1140. The van der Waals surface area contributed by atoms with E-state index in [0.29, 0.717) is 28.3 Å². The first-order valence-corrected chi connectivity index (χ1v) is 7.89. The Balaban J connectivity index is 1.68. The summed E-state index contributed by atoms with van der Waals surface area (Å²) in [6.45, 7) is 0. The molecule has 4 aromatic rings. The van der Waals surface area contributed by atoms with Crippen LogP contribution in [-0.4, -0.2) is 21.6 Å². The first-order chi connectivity index (χ1) is 12.5. The van der Waals surface area contributed by atoms with Gasteiger partial charge in [-0.2, -0.15) is 0 Å². The Morgan fingerprint density at radius 1 is 0.885 bits per heavy atom. The number of fused-ring (bicyclic) bond motifs is 1. The number of nitrogens with one attached hydrogen (secondary N) is 3. The molecule has 0 unspecified atom stereocenters. The smallest absolute Gasteiger partial charge is 0.153 e. The molecule has 26 heavy (non-hydrogen) atoms. The van der Waals surface area contributed by atoms with Gasteiger partial charge in [0, 0.05) is 28.2 Å². The topological polar surface area (TPSA) is 142 Å². The average molecular weight is 344 g/mol. The number of nitrogens with zero attached hydrogens (tertiary/aromatic N) is 1. The van der Waals surface area contributed by atoms with Crippen LogP contribution in [0.4, 0.5) is 0 Å². The van der Waals surface area contributed by atoms with Crippen LogP contribution >= 0.6 is 0 Å². The number of rotatable bonds is 4. The Hall–Kier alpha value is -3.87. The number of H-pyrrole nitrogens is 1. The second-order valence-corrected chi connectivity index (χ2v) is 5.91. The van der Waals surface area contributed by atoms with Crippen molar-refractivity contribution >= 4 is 22.6 Å². The normalized spacial score (nSPS) is 10.9. The van der Waals surface area contributed by atoms with Crippen LogP contribution in [0, 0.1) is 10.8 Å². The Morgan fingerprint density at radius 2 is 1.62 bits per heavy atom. The lowest BCUT2D eigenvalue weighted by Gasteiger charge is -1.99. The van der Waals surface area contributed by atoms with Gasteiger partial charge in [0.25, 0.3) is 0 Å². The molecular formula is C19H16N6O. The molecule has 0 fully saturated rings. The van der Waals surface area contributed by atoms with Crippen molar-refractivity contribution in [1.82, 2.24) is 9.97 Å². The van der Waals surface area contributed by atoms with E-state index in [0.717, 1.165) is 16.6 Å². The molecule has 0 aliphatic rings. The summed E-state index contributed by atoms with van der Waals surface area (Å²) < 4.78 is 5.92. The number of nitrogens with two attached hydrogens (primary N) is 2. The minimum Gasteiger partial charge on any atom is -0.453 e. The third-order valence-corrected chi connectivity index (χ3v) is 4.13. The molecule has 7 nitrogen and oxygen atoms in total. The number of hydrogen-bond acceptors (Lipinski definition) is 4. The highest BCUT2D eigenvalue weighted by atomic mass is 16.3. The van der Waals surface area contributed by atoms with Crippen LogP contribution in [0.5, 0.6) is 0 Å².